The van der Waals surface area contributed by atoms with E-state index in [4.69, 9.17) is 0 Å². The summed E-state index contributed by atoms with van der Waals surface area (Å²) in [5, 5.41) is 7.35. The first-order chi connectivity index (χ1) is 8.65. The van der Waals surface area contributed by atoms with Gasteiger partial charge in [-0.2, -0.15) is 0 Å². The number of rotatable bonds is 5. The molecule has 0 aromatic carbocycles. The van der Waals surface area contributed by atoms with Crippen molar-refractivity contribution in [1.29, 1.82) is 0 Å². The van der Waals surface area contributed by atoms with E-state index >= 15 is 0 Å². The first-order valence-corrected chi connectivity index (χ1v) is 7.32. The molecule has 18 heavy (non-hydrogen) atoms. The molecular formula is C12H15N3OS2. The number of carbonyl (C=O) groups is 1. The summed E-state index contributed by atoms with van der Waals surface area (Å²) in [7, 11) is 1.95. The predicted octanol–water partition coefficient (Wildman–Crippen LogP) is 2.58. The van der Waals surface area contributed by atoms with Gasteiger partial charge in [-0.25, -0.2) is 4.98 Å². The van der Waals surface area contributed by atoms with Crippen molar-refractivity contribution in [3.8, 4) is 0 Å². The van der Waals surface area contributed by atoms with Gasteiger partial charge in [0.15, 0.2) is 5.13 Å². The second-order valence-corrected chi connectivity index (χ2v) is 5.98. The maximum absolute atomic E-state index is 11.8. The summed E-state index contributed by atoms with van der Waals surface area (Å²) in [5.74, 6) is -0.0262. The Hall–Kier alpha value is -1.24. The zero-order valence-electron chi connectivity index (χ0n) is 10.3. The van der Waals surface area contributed by atoms with Crippen LogP contribution in [0.5, 0.6) is 0 Å². The molecule has 0 saturated carbocycles. The number of carbonyl (C=O) groups excluding carboxylic acids is 1. The Balaban J connectivity index is 1.82. The number of hydrogen-bond donors (Lipinski definition) is 1. The topological polar surface area (TPSA) is 45.2 Å². The van der Waals surface area contributed by atoms with Crippen LogP contribution in [-0.2, 0) is 11.3 Å². The number of thiophene rings is 1. The minimum Gasteiger partial charge on any atom is -0.301 e. The molecule has 2 heterocycles. The van der Waals surface area contributed by atoms with Gasteiger partial charge in [0.05, 0.1) is 6.54 Å². The van der Waals surface area contributed by atoms with Gasteiger partial charge in [-0.05, 0) is 31.0 Å². The Labute approximate surface area is 114 Å². The minimum atomic E-state index is -0.0262. The highest BCUT2D eigenvalue weighted by Gasteiger charge is 2.10. The molecule has 0 radical (unpaired) electrons. The molecule has 2 rings (SSSR count). The lowest BCUT2D eigenvalue weighted by molar-refractivity contribution is -0.117. The molecule has 1 amide bonds. The fourth-order valence-corrected chi connectivity index (χ4v) is 3.09. The molecule has 0 atom stereocenters. The third kappa shape index (κ3) is 3.63. The summed E-state index contributed by atoms with van der Waals surface area (Å²) in [6.45, 7) is 3.26. The van der Waals surface area contributed by atoms with Crippen LogP contribution in [0.25, 0.3) is 0 Å². The molecule has 0 aliphatic rings. The number of thiazole rings is 1. The van der Waals surface area contributed by atoms with Crippen molar-refractivity contribution in [2.75, 3.05) is 18.9 Å². The average Bonchev–Trinajstić information content (AvgIpc) is 2.91. The van der Waals surface area contributed by atoms with Crippen molar-refractivity contribution in [3.05, 3.63) is 33.5 Å². The van der Waals surface area contributed by atoms with Gasteiger partial charge in [-0.15, -0.1) is 22.7 Å². The van der Waals surface area contributed by atoms with Crippen molar-refractivity contribution < 1.29 is 4.79 Å². The highest BCUT2D eigenvalue weighted by molar-refractivity contribution is 7.13. The highest BCUT2D eigenvalue weighted by Crippen LogP contribution is 2.17. The molecule has 6 heteroatoms. The van der Waals surface area contributed by atoms with E-state index in [0.29, 0.717) is 11.7 Å². The van der Waals surface area contributed by atoms with E-state index in [1.54, 1.807) is 17.5 Å². The molecule has 0 spiro atoms. The van der Waals surface area contributed by atoms with Gasteiger partial charge in [0.25, 0.3) is 0 Å². The lowest BCUT2D eigenvalue weighted by Gasteiger charge is -2.15. The fraction of sp³-hybridized carbons (Fsp3) is 0.333. The molecule has 2 aromatic heterocycles. The van der Waals surface area contributed by atoms with Gasteiger partial charge < -0.3 is 5.32 Å². The van der Waals surface area contributed by atoms with Gasteiger partial charge in [-0.1, -0.05) is 0 Å². The summed E-state index contributed by atoms with van der Waals surface area (Å²) in [6.07, 6.45) is 1.68. The lowest BCUT2D eigenvalue weighted by Crippen LogP contribution is -2.29. The smallest absolute Gasteiger partial charge is 0.240 e. The molecular weight excluding hydrogens is 266 g/mol. The lowest BCUT2D eigenvalue weighted by atomic mass is 10.3. The standard InChI is InChI=1S/C12H15N3OS2/c1-9-3-5-17-10(9)7-15(2)8-11(16)14-12-13-4-6-18-12/h3-6H,7-8H2,1-2H3,(H,13,14,16). The van der Waals surface area contributed by atoms with E-state index in [-0.39, 0.29) is 5.91 Å². The maximum atomic E-state index is 11.8. The van der Waals surface area contributed by atoms with Crippen LogP contribution < -0.4 is 5.32 Å². The second-order valence-electron chi connectivity index (χ2n) is 4.08. The summed E-state index contributed by atoms with van der Waals surface area (Å²) in [4.78, 5) is 19.1. The summed E-state index contributed by atoms with van der Waals surface area (Å²) >= 11 is 3.15. The Bertz CT molecular complexity index is 507. The molecule has 96 valence electrons. The Kier molecular flexibility index (Phi) is 4.46. The molecule has 0 unspecified atom stereocenters. The first kappa shape index (κ1) is 13.2. The number of amides is 1. The third-order valence-corrected chi connectivity index (χ3v) is 4.17. The number of aromatic nitrogens is 1. The molecule has 0 bridgehead atoms. The Morgan fingerprint density at radius 1 is 1.44 bits per heavy atom. The molecule has 0 saturated heterocycles. The third-order valence-electron chi connectivity index (χ3n) is 2.47. The summed E-state index contributed by atoms with van der Waals surface area (Å²) in [6, 6.07) is 2.10. The maximum Gasteiger partial charge on any atom is 0.240 e. The summed E-state index contributed by atoms with van der Waals surface area (Å²) < 4.78 is 0. The van der Waals surface area contributed by atoms with Gasteiger partial charge in [0.1, 0.15) is 0 Å². The van der Waals surface area contributed by atoms with E-state index in [2.05, 4.69) is 28.7 Å². The van der Waals surface area contributed by atoms with Crippen molar-refractivity contribution in [3.63, 3.8) is 0 Å². The molecule has 4 nitrogen and oxygen atoms in total. The van der Waals surface area contributed by atoms with Crippen molar-refractivity contribution >= 4 is 33.7 Å². The Morgan fingerprint density at radius 2 is 2.28 bits per heavy atom. The largest absolute Gasteiger partial charge is 0.301 e. The minimum absolute atomic E-state index is 0.0262. The van der Waals surface area contributed by atoms with Crippen LogP contribution in [0.3, 0.4) is 0 Å². The van der Waals surface area contributed by atoms with E-state index in [1.807, 2.05) is 17.3 Å². The van der Waals surface area contributed by atoms with Crippen LogP contribution in [0.2, 0.25) is 0 Å². The first-order valence-electron chi connectivity index (χ1n) is 5.56. The Morgan fingerprint density at radius 3 is 2.89 bits per heavy atom. The monoisotopic (exact) mass is 281 g/mol. The number of aryl methyl sites for hydroxylation is 1. The zero-order chi connectivity index (χ0) is 13.0. The number of nitrogens with zero attached hydrogens (tertiary/aromatic N) is 2. The van der Waals surface area contributed by atoms with Crippen molar-refractivity contribution in [2.45, 2.75) is 13.5 Å². The fourth-order valence-electron chi connectivity index (χ4n) is 1.56. The molecule has 2 aromatic rings. The SMILES string of the molecule is Cc1ccsc1CN(C)CC(=O)Nc1nccs1. The van der Waals surface area contributed by atoms with Gasteiger partial charge >= 0.3 is 0 Å². The number of nitrogens with one attached hydrogen (secondary N) is 1. The normalized spacial score (nSPS) is 10.8. The molecule has 1 N–H and O–H groups in total. The van der Waals surface area contributed by atoms with Gasteiger partial charge in [-0.3, -0.25) is 9.69 Å². The van der Waals surface area contributed by atoms with Gasteiger partial charge in [0.2, 0.25) is 5.91 Å². The van der Waals surface area contributed by atoms with Crippen LogP contribution >= 0.6 is 22.7 Å². The van der Waals surface area contributed by atoms with Crippen LogP contribution in [-0.4, -0.2) is 29.4 Å². The van der Waals surface area contributed by atoms with Crippen LogP contribution in [0, 0.1) is 6.92 Å². The summed E-state index contributed by atoms with van der Waals surface area (Å²) in [5.41, 5.74) is 1.28. The molecule has 0 aliphatic carbocycles. The van der Waals surface area contributed by atoms with Crippen LogP contribution in [0.15, 0.2) is 23.0 Å². The average molecular weight is 281 g/mol. The molecule has 0 aliphatic heterocycles. The quantitative estimate of drug-likeness (QED) is 0.916. The zero-order valence-corrected chi connectivity index (χ0v) is 12.0. The van der Waals surface area contributed by atoms with E-state index in [0.717, 1.165) is 6.54 Å². The highest BCUT2D eigenvalue weighted by atomic mass is 32.1. The van der Waals surface area contributed by atoms with Crippen LogP contribution in [0.1, 0.15) is 10.4 Å². The van der Waals surface area contributed by atoms with E-state index < -0.39 is 0 Å². The second kappa shape index (κ2) is 6.08. The van der Waals surface area contributed by atoms with E-state index in [1.165, 1.54) is 21.8 Å². The van der Waals surface area contributed by atoms with E-state index in [9.17, 15) is 4.79 Å². The number of hydrogen-bond acceptors (Lipinski definition) is 5. The van der Waals surface area contributed by atoms with Gasteiger partial charge in [0, 0.05) is 23.0 Å². The van der Waals surface area contributed by atoms with Crippen molar-refractivity contribution in [1.82, 2.24) is 9.88 Å². The number of anilines is 1. The molecule has 0 fully saturated rings. The van der Waals surface area contributed by atoms with Crippen molar-refractivity contribution in [2.24, 2.45) is 0 Å². The predicted molar refractivity (Wildman–Crippen MR) is 76.1 cm³/mol. The number of likely N-dealkylation sites (N-methyl/N-ethyl adjacent to an activating group) is 1. The van der Waals surface area contributed by atoms with Crippen LogP contribution in [0.4, 0.5) is 5.13 Å².